The van der Waals surface area contributed by atoms with Crippen LogP contribution in [0.5, 0.6) is 0 Å². The Morgan fingerprint density at radius 1 is 0.680 bits per heavy atom. The molecule has 0 radical (unpaired) electrons. The van der Waals surface area contributed by atoms with Gasteiger partial charge in [0.2, 0.25) is 5.91 Å². The van der Waals surface area contributed by atoms with Crippen LogP contribution in [0.2, 0.25) is 0 Å². The van der Waals surface area contributed by atoms with E-state index in [0.29, 0.717) is 5.00 Å². The van der Waals surface area contributed by atoms with Crippen LogP contribution in [0.4, 0.5) is 5.00 Å². The SMILES string of the molecule is CC(=O)N(c1cccs1)C1C(=O)N2C=C(C(=O)OC(c3ccccc3)c3ccccc3)C(C(=O)OC(c3ccccc3)c3ccccc3)S[C@H]12. The molecule has 2 aliphatic heterocycles. The molecule has 3 heterocycles. The van der Waals surface area contributed by atoms with Crippen molar-refractivity contribution < 1.29 is 28.7 Å². The fourth-order valence-corrected chi connectivity index (χ4v) is 8.42. The van der Waals surface area contributed by atoms with E-state index in [0.717, 1.165) is 34.0 Å². The predicted octanol–water partition coefficient (Wildman–Crippen LogP) is 7.30. The molecule has 0 aliphatic carbocycles. The minimum Gasteiger partial charge on any atom is -0.451 e. The van der Waals surface area contributed by atoms with Crippen molar-refractivity contribution in [3.05, 3.63) is 173 Å². The van der Waals surface area contributed by atoms with Gasteiger partial charge in [0, 0.05) is 13.1 Å². The Bertz CT molecular complexity index is 1930. The number of rotatable bonds is 10. The number of anilines is 1. The number of fused-ring (bicyclic) bond motifs is 1. The zero-order valence-electron chi connectivity index (χ0n) is 26.9. The summed E-state index contributed by atoms with van der Waals surface area (Å²) in [5.74, 6) is -2.10. The molecule has 0 saturated carbocycles. The van der Waals surface area contributed by atoms with Gasteiger partial charge in [0.1, 0.15) is 16.7 Å². The number of β-lactam (4-membered cyclic amide) rings is 1. The lowest BCUT2D eigenvalue weighted by Crippen LogP contribution is -2.70. The highest BCUT2D eigenvalue weighted by Crippen LogP contribution is 2.46. The van der Waals surface area contributed by atoms with Gasteiger partial charge in [0.05, 0.1) is 10.6 Å². The minimum atomic E-state index is -1.17. The first-order valence-corrected chi connectivity index (χ1v) is 17.9. The Hall–Kier alpha value is -5.45. The molecule has 4 aromatic carbocycles. The van der Waals surface area contributed by atoms with Crippen molar-refractivity contribution in [3.8, 4) is 0 Å². The highest BCUT2D eigenvalue weighted by molar-refractivity contribution is 8.01. The van der Waals surface area contributed by atoms with Gasteiger partial charge in [-0.25, -0.2) is 4.79 Å². The van der Waals surface area contributed by atoms with Gasteiger partial charge in [-0.3, -0.25) is 19.3 Å². The summed E-state index contributed by atoms with van der Waals surface area (Å²) in [6, 6.07) is 40.1. The summed E-state index contributed by atoms with van der Waals surface area (Å²) in [6.07, 6.45) is -0.145. The minimum absolute atomic E-state index is 0.0229. The molecule has 2 amide bonds. The lowest BCUT2D eigenvalue weighted by atomic mass is 10.0. The Balaban J connectivity index is 1.25. The van der Waals surface area contributed by atoms with Crippen LogP contribution in [0.25, 0.3) is 0 Å². The van der Waals surface area contributed by atoms with E-state index in [9.17, 15) is 19.2 Å². The first kappa shape index (κ1) is 33.1. The quantitative estimate of drug-likeness (QED) is 0.112. The Labute approximate surface area is 297 Å². The van der Waals surface area contributed by atoms with Crippen molar-refractivity contribution in [2.24, 2.45) is 0 Å². The highest BCUT2D eigenvalue weighted by atomic mass is 32.2. The largest absolute Gasteiger partial charge is 0.451 e. The fraction of sp³-hybridized carbons (Fsp3) is 0.150. The molecule has 10 heteroatoms. The number of nitrogens with zero attached hydrogens (tertiary/aromatic N) is 2. The Morgan fingerprint density at radius 2 is 1.16 bits per heavy atom. The smallest absolute Gasteiger partial charge is 0.338 e. The molecule has 1 aromatic heterocycles. The number of carbonyl (C=O) groups is 4. The highest BCUT2D eigenvalue weighted by Gasteiger charge is 2.57. The van der Waals surface area contributed by atoms with Crippen molar-refractivity contribution in [2.75, 3.05) is 4.90 Å². The standard InChI is InChI=1S/C40H32N2O6S2/c1-26(43)42(32-23-14-24-49-32)33-37(44)41-25-31(39(45)47-34(27-15-6-2-7-16-27)28-17-8-3-9-18-28)36(50-38(33)41)40(46)48-35(29-19-10-4-11-20-29)30-21-12-5-13-22-30/h2-25,33-36,38H,1H3/t33?,36?,38-/m1/s1. The molecule has 2 unspecified atom stereocenters. The second-order valence-corrected chi connectivity index (χ2v) is 13.9. The monoisotopic (exact) mass is 700 g/mol. The molecule has 1 fully saturated rings. The number of ether oxygens (including phenoxy) is 2. The van der Waals surface area contributed by atoms with Gasteiger partial charge in [-0.05, 0) is 39.8 Å². The van der Waals surface area contributed by atoms with Gasteiger partial charge in [0.15, 0.2) is 12.2 Å². The number of thioether (sulfide) groups is 1. The van der Waals surface area contributed by atoms with Crippen LogP contribution in [-0.4, -0.2) is 45.3 Å². The first-order chi connectivity index (χ1) is 24.4. The van der Waals surface area contributed by atoms with E-state index in [4.69, 9.17) is 9.47 Å². The average Bonchev–Trinajstić information content (AvgIpc) is 3.70. The van der Waals surface area contributed by atoms with Gasteiger partial charge in [0.25, 0.3) is 5.91 Å². The number of amides is 2. The predicted molar refractivity (Wildman–Crippen MR) is 193 cm³/mol. The summed E-state index contributed by atoms with van der Waals surface area (Å²) < 4.78 is 12.5. The van der Waals surface area contributed by atoms with Gasteiger partial charge in [-0.15, -0.1) is 23.1 Å². The molecule has 5 aromatic rings. The van der Waals surface area contributed by atoms with E-state index in [-0.39, 0.29) is 17.4 Å². The maximum absolute atomic E-state index is 14.4. The number of carbonyl (C=O) groups excluding carboxylic acids is 4. The third-order valence-corrected chi connectivity index (χ3v) is 10.9. The second kappa shape index (κ2) is 14.6. The lowest BCUT2D eigenvalue weighted by molar-refractivity contribution is -0.151. The fourth-order valence-electron chi connectivity index (χ4n) is 6.17. The lowest BCUT2D eigenvalue weighted by Gasteiger charge is -2.51. The van der Waals surface area contributed by atoms with E-state index in [1.807, 2.05) is 133 Å². The van der Waals surface area contributed by atoms with Gasteiger partial charge >= 0.3 is 11.9 Å². The zero-order valence-corrected chi connectivity index (χ0v) is 28.5. The zero-order chi connectivity index (χ0) is 34.6. The second-order valence-electron chi connectivity index (χ2n) is 11.8. The number of thiophene rings is 1. The molecular formula is C40H32N2O6S2. The Morgan fingerprint density at radius 3 is 1.60 bits per heavy atom. The maximum Gasteiger partial charge on any atom is 0.338 e. The molecule has 3 atom stereocenters. The van der Waals surface area contributed by atoms with Crippen LogP contribution in [0.1, 0.15) is 41.4 Å². The summed E-state index contributed by atoms with van der Waals surface area (Å²) in [5, 5.41) is 0.635. The maximum atomic E-state index is 14.4. The number of hydrogen-bond donors (Lipinski definition) is 0. The summed E-state index contributed by atoms with van der Waals surface area (Å²) in [6.45, 7) is 1.41. The Kier molecular flexibility index (Phi) is 9.64. The summed E-state index contributed by atoms with van der Waals surface area (Å²) in [4.78, 5) is 58.2. The van der Waals surface area contributed by atoms with E-state index in [2.05, 4.69) is 0 Å². The molecule has 2 aliphatic rings. The van der Waals surface area contributed by atoms with Crippen molar-refractivity contribution in [1.29, 1.82) is 0 Å². The molecule has 8 nitrogen and oxygen atoms in total. The normalized spacial score (nSPS) is 18.1. The van der Waals surface area contributed by atoms with Crippen molar-refractivity contribution in [2.45, 2.75) is 35.8 Å². The van der Waals surface area contributed by atoms with E-state index < -0.39 is 40.8 Å². The van der Waals surface area contributed by atoms with Gasteiger partial charge in [-0.2, -0.15) is 0 Å². The molecule has 0 N–H and O–H groups in total. The third kappa shape index (κ3) is 6.59. The van der Waals surface area contributed by atoms with Crippen LogP contribution in [0.3, 0.4) is 0 Å². The first-order valence-electron chi connectivity index (χ1n) is 16.0. The van der Waals surface area contributed by atoms with Crippen LogP contribution in [-0.2, 0) is 28.7 Å². The third-order valence-electron chi connectivity index (χ3n) is 8.57. The number of esters is 2. The summed E-state index contributed by atoms with van der Waals surface area (Å²) >= 11 is 2.45. The molecular weight excluding hydrogens is 669 g/mol. The van der Waals surface area contributed by atoms with E-state index in [1.165, 1.54) is 34.3 Å². The molecule has 250 valence electrons. The van der Waals surface area contributed by atoms with Gasteiger partial charge in [-0.1, -0.05) is 121 Å². The average molecular weight is 701 g/mol. The van der Waals surface area contributed by atoms with Crippen LogP contribution in [0.15, 0.2) is 151 Å². The van der Waals surface area contributed by atoms with Crippen LogP contribution in [0, 0.1) is 0 Å². The van der Waals surface area contributed by atoms with Crippen LogP contribution >= 0.6 is 23.1 Å². The summed E-state index contributed by atoms with van der Waals surface area (Å²) in [5.41, 5.74) is 2.98. The van der Waals surface area contributed by atoms with Crippen LogP contribution < -0.4 is 4.90 Å². The molecule has 50 heavy (non-hydrogen) atoms. The van der Waals surface area contributed by atoms with Crippen molar-refractivity contribution >= 4 is 51.9 Å². The van der Waals surface area contributed by atoms with Crippen molar-refractivity contribution in [1.82, 2.24) is 4.90 Å². The van der Waals surface area contributed by atoms with E-state index in [1.54, 1.807) is 6.07 Å². The molecule has 1 saturated heterocycles. The number of benzene rings is 4. The number of hydrogen-bond acceptors (Lipinski definition) is 8. The molecule has 7 rings (SSSR count). The molecule has 0 spiro atoms. The van der Waals surface area contributed by atoms with Gasteiger partial charge < -0.3 is 14.4 Å². The molecule has 0 bridgehead atoms. The van der Waals surface area contributed by atoms with E-state index >= 15 is 0 Å². The topological polar surface area (TPSA) is 93.2 Å². The van der Waals surface area contributed by atoms with Crippen molar-refractivity contribution in [3.63, 3.8) is 0 Å². The summed E-state index contributed by atoms with van der Waals surface area (Å²) in [7, 11) is 0.